The summed E-state index contributed by atoms with van der Waals surface area (Å²) in [6.45, 7) is 5.79. The van der Waals surface area contributed by atoms with Gasteiger partial charge in [-0.1, -0.05) is 30.3 Å². The SMILES string of the molecule is [CH2]Cc1ccc(OCCNCC(O)COc2ccccc2)cc1. The van der Waals surface area contributed by atoms with E-state index in [1.807, 2.05) is 54.6 Å². The summed E-state index contributed by atoms with van der Waals surface area (Å²) in [6.07, 6.45) is 0.233. The summed E-state index contributed by atoms with van der Waals surface area (Å²) in [7, 11) is 0. The Labute approximate surface area is 138 Å². The second-order valence-corrected chi connectivity index (χ2v) is 5.22. The van der Waals surface area contributed by atoms with Crippen LogP contribution in [0, 0.1) is 6.92 Å². The number of nitrogens with one attached hydrogen (secondary N) is 1. The molecule has 23 heavy (non-hydrogen) atoms. The fourth-order valence-electron chi connectivity index (χ4n) is 2.03. The maximum absolute atomic E-state index is 9.85. The van der Waals surface area contributed by atoms with Gasteiger partial charge in [-0.15, -0.1) is 0 Å². The predicted octanol–water partition coefficient (Wildman–Crippen LogP) is 2.47. The van der Waals surface area contributed by atoms with E-state index in [4.69, 9.17) is 9.47 Å². The van der Waals surface area contributed by atoms with Gasteiger partial charge < -0.3 is 19.9 Å². The monoisotopic (exact) mass is 314 g/mol. The summed E-state index contributed by atoms with van der Waals surface area (Å²) < 4.78 is 11.1. The van der Waals surface area contributed by atoms with Crippen LogP contribution in [0.3, 0.4) is 0 Å². The number of para-hydroxylation sites is 1. The molecule has 0 spiro atoms. The second-order valence-electron chi connectivity index (χ2n) is 5.22. The summed E-state index contributed by atoms with van der Waals surface area (Å²) in [6, 6.07) is 17.4. The molecule has 1 atom stereocenters. The lowest BCUT2D eigenvalue weighted by Gasteiger charge is -2.13. The average Bonchev–Trinajstić information content (AvgIpc) is 2.61. The van der Waals surface area contributed by atoms with Gasteiger partial charge >= 0.3 is 0 Å². The van der Waals surface area contributed by atoms with Gasteiger partial charge in [0.2, 0.25) is 0 Å². The Balaban J connectivity index is 1.54. The highest BCUT2D eigenvalue weighted by Crippen LogP contribution is 2.12. The molecule has 0 amide bonds. The first-order valence-electron chi connectivity index (χ1n) is 7.85. The second kappa shape index (κ2) is 9.87. The molecule has 1 unspecified atom stereocenters. The van der Waals surface area contributed by atoms with E-state index in [0.29, 0.717) is 19.7 Å². The molecule has 0 aliphatic carbocycles. The van der Waals surface area contributed by atoms with Crippen LogP contribution in [-0.2, 0) is 6.42 Å². The molecule has 0 heterocycles. The zero-order chi connectivity index (χ0) is 16.3. The zero-order valence-electron chi connectivity index (χ0n) is 13.3. The highest BCUT2D eigenvalue weighted by molar-refractivity contribution is 5.27. The van der Waals surface area contributed by atoms with Gasteiger partial charge in [0.1, 0.15) is 30.8 Å². The minimum atomic E-state index is -0.549. The Hall–Kier alpha value is -2.04. The van der Waals surface area contributed by atoms with Crippen molar-refractivity contribution < 1.29 is 14.6 Å². The van der Waals surface area contributed by atoms with Crippen molar-refractivity contribution in [3.8, 4) is 11.5 Å². The van der Waals surface area contributed by atoms with Crippen molar-refractivity contribution in [3.63, 3.8) is 0 Å². The van der Waals surface area contributed by atoms with Gasteiger partial charge in [-0.25, -0.2) is 0 Å². The summed E-state index contributed by atoms with van der Waals surface area (Å²) in [5.41, 5.74) is 1.19. The average molecular weight is 314 g/mol. The molecule has 0 fully saturated rings. The molecule has 2 N–H and O–H groups in total. The number of rotatable bonds is 10. The lowest BCUT2D eigenvalue weighted by Crippen LogP contribution is -2.33. The van der Waals surface area contributed by atoms with Crippen molar-refractivity contribution in [3.05, 3.63) is 67.1 Å². The predicted molar refractivity (Wildman–Crippen MR) is 91.8 cm³/mol. The molecule has 0 aromatic heterocycles. The highest BCUT2D eigenvalue weighted by atomic mass is 16.5. The molecule has 1 radical (unpaired) electrons. The molecule has 0 aliphatic rings. The molecule has 0 saturated heterocycles. The van der Waals surface area contributed by atoms with Crippen molar-refractivity contribution in [1.82, 2.24) is 5.32 Å². The molecule has 2 aromatic carbocycles. The summed E-state index contributed by atoms with van der Waals surface area (Å²) in [5, 5.41) is 13.0. The number of aliphatic hydroxyl groups excluding tert-OH is 1. The molecular formula is C19H24NO3. The highest BCUT2D eigenvalue weighted by Gasteiger charge is 2.04. The first-order chi connectivity index (χ1) is 11.3. The van der Waals surface area contributed by atoms with Gasteiger partial charge in [-0.05, 0) is 43.2 Å². The minimum Gasteiger partial charge on any atom is -0.492 e. The van der Waals surface area contributed by atoms with E-state index in [1.54, 1.807) is 0 Å². The van der Waals surface area contributed by atoms with Crippen molar-refractivity contribution in [2.24, 2.45) is 0 Å². The smallest absolute Gasteiger partial charge is 0.119 e. The lowest BCUT2D eigenvalue weighted by atomic mass is 10.2. The van der Waals surface area contributed by atoms with Crippen LogP contribution in [0.5, 0.6) is 11.5 Å². The largest absolute Gasteiger partial charge is 0.492 e. The molecule has 0 aliphatic heterocycles. The van der Waals surface area contributed by atoms with Crippen molar-refractivity contribution >= 4 is 0 Å². The van der Waals surface area contributed by atoms with E-state index in [9.17, 15) is 5.11 Å². The van der Waals surface area contributed by atoms with E-state index in [2.05, 4.69) is 12.2 Å². The molecule has 4 nitrogen and oxygen atoms in total. The van der Waals surface area contributed by atoms with Gasteiger partial charge in [0.25, 0.3) is 0 Å². The number of hydrogen-bond acceptors (Lipinski definition) is 4. The molecular weight excluding hydrogens is 290 g/mol. The van der Waals surface area contributed by atoms with Gasteiger partial charge in [0.15, 0.2) is 0 Å². The van der Waals surface area contributed by atoms with Gasteiger partial charge in [-0.2, -0.15) is 0 Å². The van der Waals surface area contributed by atoms with Crippen molar-refractivity contribution in [2.75, 3.05) is 26.3 Å². The Morgan fingerprint density at radius 3 is 2.35 bits per heavy atom. The number of hydrogen-bond donors (Lipinski definition) is 2. The molecule has 4 heteroatoms. The molecule has 0 bridgehead atoms. The van der Waals surface area contributed by atoms with Crippen LogP contribution >= 0.6 is 0 Å². The van der Waals surface area contributed by atoms with Crippen molar-refractivity contribution in [1.29, 1.82) is 0 Å². The Morgan fingerprint density at radius 2 is 1.65 bits per heavy atom. The summed E-state index contributed by atoms with van der Waals surface area (Å²) in [5.74, 6) is 1.61. The molecule has 2 aromatic rings. The normalized spacial score (nSPS) is 11.9. The third-order valence-electron chi connectivity index (χ3n) is 3.33. The van der Waals surface area contributed by atoms with E-state index < -0.39 is 6.10 Å². The maximum atomic E-state index is 9.85. The Kier molecular flexibility index (Phi) is 7.43. The first-order valence-corrected chi connectivity index (χ1v) is 7.85. The van der Waals surface area contributed by atoms with E-state index in [1.165, 1.54) is 5.56 Å². The van der Waals surface area contributed by atoms with Gasteiger partial charge in [-0.3, -0.25) is 0 Å². The van der Waals surface area contributed by atoms with E-state index in [0.717, 1.165) is 17.9 Å². The van der Waals surface area contributed by atoms with Crippen LogP contribution in [0.2, 0.25) is 0 Å². The van der Waals surface area contributed by atoms with Crippen LogP contribution in [0.1, 0.15) is 5.56 Å². The minimum absolute atomic E-state index is 0.268. The fourth-order valence-corrected chi connectivity index (χ4v) is 2.03. The van der Waals surface area contributed by atoms with Crippen LogP contribution in [-0.4, -0.2) is 37.5 Å². The Bertz CT molecular complexity index is 542. The van der Waals surface area contributed by atoms with Gasteiger partial charge in [0.05, 0.1) is 0 Å². The van der Waals surface area contributed by atoms with Crippen molar-refractivity contribution in [2.45, 2.75) is 12.5 Å². The zero-order valence-corrected chi connectivity index (χ0v) is 13.3. The lowest BCUT2D eigenvalue weighted by molar-refractivity contribution is 0.105. The summed E-state index contributed by atoms with van der Waals surface area (Å²) >= 11 is 0. The maximum Gasteiger partial charge on any atom is 0.119 e. The third kappa shape index (κ3) is 6.72. The van der Waals surface area contributed by atoms with E-state index >= 15 is 0 Å². The number of aliphatic hydroxyl groups is 1. The number of ether oxygens (including phenoxy) is 2. The first kappa shape index (κ1) is 17.3. The standard InChI is InChI=1S/C19H24NO3/c1-2-16-8-10-19(11-9-16)22-13-12-20-14-17(21)15-23-18-6-4-3-5-7-18/h3-11,17,20-21H,1-2,12-15H2. The fraction of sp³-hybridized carbons (Fsp3) is 0.316. The topological polar surface area (TPSA) is 50.7 Å². The van der Waals surface area contributed by atoms with E-state index in [-0.39, 0.29) is 6.61 Å². The van der Waals surface area contributed by atoms with Gasteiger partial charge in [0, 0.05) is 13.1 Å². The van der Waals surface area contributed by atoms with Crippen LogP contribution in [0.25, 0.3) is 0 Å². The molecule has 2 rings (SSSR count). The third-order valence-corrected chi connectivity index (χ3v) is 3.33. The summed E-state index contributed by atoms with van der Waals surface area (Å²) in [4.78, 5) is 0. The number of benzene rings is 2. The molecule has 123 valence electrons. The quantitative estimate of drug-likeness (QED) is 0.662. The molecule has 0 saturated carbocycles. The van der Waals surface area contributed by atoms with Crippen LogP contribution < -0.4 is 14.8 Å². The van der Waals surface area contributed by atoms with Crippen LogP contribution in [0.15, 0.2) is 54.6 Å². The Morgan fingerprint density at radius 1 is 0.957 bits per heavy atom. The van der Waals surface area contributed by atoms with Crippen LogP contribution in [0.4, 0.5) is 0 Å².